The fourth-order valence-electron chi connectivity index (χ4n) is 2.18. The minimum absolute atomic E-state index is 0.106. The fourth-order valence-corrected chi connectivity index (χ4v) is 4.08. The largest absolute Gasteiger partial charge is 0.298 e. The molecule has 2 heterocycles. The van der Waals surface area contributed by atoms with Crippen molar-refractivity contribution >= 4 is 45.3 Å². The highest BCUT2D eigenvalue weighted by atomic mass is 35.5. The fraction of sp³-hybridized carbons (Fsp3) is 0.176. The van der Waals surface area contributed by atoms with Gasteiger partial charge in [-0.1, -0.05) is 29.8 Å². The summed E-state index contributed by atoms with van der Waals surface area (Å²) in [4.78, 5) is 18.8. The van der Waals surface area contributed by atoms with Gasteiger partial charge in [-0.05, 0) is 31.0 Å². The van der Waals surface area contributed by atoms with Gasteiger partial charge < -0.3 is 0 Å². The zero-order chi connectivity index (χ0) is 16.4. The number of aryl methyl sites for hydroxylation is 1. The van der Waals surface area contributed by atoms with Gasteiger partial charge in [-0.2, -0.15) is 0 Å². The Morgan fingerprint density at radius 2 is 2.09 bits per heavy atom. The minimum Gasteiger partial charge on any atom is -0.298 e. The van der Waals surface area contributed by atoms with E-state index in [1.807, 2.05) is 43.5 Å². The minimum atomic E-state index is -0.106. The smallest absolute Gasteiger partial charge is 0.258 e. The van der Waals surface area contributed by atoms with Gasteiger partial charge in [0.1, 0.15) is 0 Å². The third-order valence-corrected chi connectivity index (χ3v) is 5.92. The Kier molecular flexibility index (Phi) is 4.80. The number of halogens is 1. The van der Waals surface area contributed by atoms with Crippen molar-refractivity contribution in [2.75, 3.05) is 5.32 Å². The Bertz CT molecular complexity index is 854. The van der Waals surface area contributed by atoms with Gasteiger partial charge in [-0.3, -0.25) is 10.1 Å². The standard InChI is InChI=1S/C17H15ClN2OS2/c1-10-11(2)22-9-14(10)16(21)20-17-19-8-13(23-17)7-12-5-3-4-6-15(12)18/h3-6,8-9H,7H2,1-2H3,(H,19,20,21). The number of carbonyl (C=O) groups excluding carboxylic acids is 1. The Morgan fingerprint density at radius 1 is 1.30 bits per heavy atom. The maximum absolute atomic E-state index is 12.3. The Balaban J connectivity index is 1.71. The molecule has 0 radical (unpaired) electrons. The van der Waals surface area contributed by atoms with Crippen molar-refractivity contribution in [3.05, 3.63) is 67.3 Å². The summed E-state index contributed by atoms with van der Waals surface area (Å²) >= 11 is 9.24. The summed E-state index contributed by atoms with van der Waals surface area (Å²) in [5, 5.41) is 6.12. The molecule has 0 bridgehead atoms. The highest BCUT2D eigenvalue weighted by molar-refractivity contribution is 7.15. The van der Waals surface area contributed by atoms with E-state index < -0.39 is 0 Å². The zero-order valence-electron chi connectivity index (χ0n) is 12.7. The van der Waals surface area contributed by atoms with Crippen molar-refractivity contribution < 1.29 is 4.79 Å². The molecule has 3 nitrogen and oxygen atoms in total. The molecule has 0 unspecified atom stereocenters. The molecule has 3 aromatic rings. The molecule has 3 rings (SSSR count). The third-order valence-electron chi connectivity index (χ3n) is 3.63. The molecule has 1 aromatic carbocycles. The molecule has 118 valence electrons. The van der Waals surface area contributed by atoms with E-state index in [2.05, 4.69) is 10.3 Å². The number of aromatic nitrogens is 1. The number of benzene rings is 1. The van der Waals surface area contributed by atoms with E-state index in [1.54, 1.807) is 17.5 Å². The lowest BCUT2D eigenvalue weighted by Gasteiger charge is -2.02. The van der Waals surface area contributed by atoms with Crippen LogP contribution in [0, 0.1) is 13.8 Å². The predicted molar refractivity (Wildman–Crippen MR) is 98.1 cm³/mol. The molecule has 0 fully saturated rings. The third kappa shape index (κ3) is 3.63. The van der Waals surface area contributed by atoms with Crippen LogP contribution in [0.25, 0.3) is 0 Å². The van der Waals surface area contributed by atoms with Crippen LogP contribution in [0.3, 0.4) is 0 Å². The molecule has 0 saturated heterocycles. The summed E-state index contributed by atoms with van der Waals surface area (Å²) in [6.45, 7) is 3.98. The molecule has 0 spiro atoms. The summed E-state index contributed by atoms with van der Waals surface area (Å²) in [5.74, 6) is -0.106. The molecule has 0 atom stereocenters. The normalized spacial score (nSPS) is 10.7. The maximum Gasteiger partial charge on any atom is 0.258 e. The number of nitrogens with one attached hydrogen (secondary N) is 1. The number of hydrogen-bond donors (Lipinski definition) is 1. The van der Waals surface area contributed by atoms with Crippen molar-refractivity contribution in [1.29, 1.82) is 0 Å². The number of amides is 1. The molecular weight excluding hydrogens is 348 g/mol. The number of thiazole rings is 1. The van der Waals surface area contributed by atoms with E-state index in [4.69, 9.17) is 11.6 Å². The lowest BCUT2D eigenvalue weighted by molar-refractivity contribution is 0.102. The van der Waals surface area contributed by atoms with Crippen molar-refractivity contribution in [1.82, 2.24) is 4.98 Å². The van der Waals surface area contributed by atoms with Crippen LogP contribution in [-0.4, -0.2) is 10.9 Å². The van der Waals surface area contributed by atoms with Gasteiger partial charge in [0.25, 0.3) is 5.91 Å². The SMILES string of the molecule is Cc1scc(C(=O)Nc2ncc(Cc3ccccc3Cl)s2)c1C. The van der Waals surface area contributed by atoms with E-state index in [9.17, 15) is 4.79 Å². The molecule has 23 heavy (non-hydrogen) atoms. The van der Waals surface area contributed by atoms with Crippen LogP contribution < -0.4 is 5.32 Å². The van der Waals surface area contributed by atoms with Crippen molar-refractivity contribution in [2.45, 2.75) is 20.3 Å². The number of hydrogen-bond acceptors (Lipinski definition) is 4. The monoisotopic (exact) mass is 362 g/mol. The molecule has 1 amide bonds. The van der Waals surface area contributed by atoms with Gasteiger partial charge in [0.15, 0.2) is 5.13 Å². The average molecular weight is 363 g/mol. The van der Waals surface area contributed by atoms with Gasteiger partial charge in [0.2, 0.25) is 0 Å². The van der Waals surface area contributed by atoms with Crippen LogP contribution in [0.15, 0.2) is 35.8 Å². The molecule has 6 heteroatoms. The Hall–Kier alpha value is -1.69. The van der Waals surface area contributed by atoms with Gasteiger partial charge in [-0.15, -0.1) is 22.7 Å². The van der Waals surface area contributed by atoms with E-state index in [1.165, 1.54) is 11.3 Å². The van der Waals surface area contributed by atoms with Crippen LogP contribution in [0.4, 0.5) is 5.13 Å². The predicted octanol–water partition coefficient (Wildman–Crippen LogP) is 5.32. The molecule has 2 aromatic heterocycles. The van der Waals surface area contributed by atoms with Gasteiger partial charge in [-0.25, -0.2) is 4.98 Å². The van der Waals surface area contributed by atoms with Crippen LogP contribution in [0.5, 0.6) is 0 Å². The molecule has 0 aliphatic heterocycles. The van der Waals surface area contributed by atoms with Gasteiger partial charge in [0, 0.05) is 32.8 Å². The average Bonchev–Trinajstić information content (AvgIpc) is 3.09. The maximum atomic E-state index is 12.3. The van der Waals surface area contributed by atoms with Crippen LogP contribution in [0.1, 0.15) is 31.2 Å². The first-order valence-electron chi connectivity index (χ1n) is 7.08. The first-order valence-corrected chi connectivity index (χ1v) is 9.16. The highest BCUT2D eigenvalue weighted by Gasteiger charge is 2.14. The van der Waals surface area contributed by atoms with E-state index in [0.29, 0.717) is 11.6 Å². The topological polar surface area (TPSA) is 42.0 Å². The second-order valence-electron chi connectivity index (χ2n) is 5.18. The van der Waals surface area contributed by atoms with Crippen molar-refractivity contribution in [2.24, 2.45) is 0 Å². The molecular formula is C17H15ClN2OS2. The highest BCUT2D eigenvalue weighted by Crippen LogP contribution is 2.26. The quantitative estimate of drug-likeness (QED) is 0.682. The Labute approximate surface area is 148 Å². The summed E-state index contributed by atoms with van der Waals surface area (Å²) in [7, 11) is 0. The summed E-state index contributed by atoms with van der Waals surface area (Å²) in [6, 6.07) is 7.75. The zero-order valence-corrected chi connectivity index (χ0v) is 15.1. The Morgan fingerprint density at radius 3 is 2.78 bits per heavy atom. The van der Waals surface area contributed by atoms with E-state index in [0.717, 1.165) is 31.5 Å². The summed E-state index contributed by atoms with van der Waals surface area (Å²) in [5.41, 5.74) is 2.80. The number of rotatable bonds is 4. The number of thiophene rings is 1. The first-order chi connectivity index (χ1) is 11.0. The second kappa shape index (κ2) is 6.83. The second-order valence-corrected chi connectivity index (χ2v) is 7.79. The molecule has 0 saturated carbocycles. The number of anilines is 1. The van der Waals surface area contributed by atoms with Crippen LogP contribution in [0.2, 0.25) is 5.02 Å². The molecule has 0 aliphatic rings. The van der Waals surface area contributed by atoms with Gasteiger partial charge in [0.05, 0.1) is 5.56 Å². The van der Waals surface area contributed by atoms with Crippen molar-refractivity contribution in [3.63, 3.8) is 0 Å². The lowest BCUT2D eigenvalue weighted by atomic mass is 10.1. The molecule has 1 N–H and O–H groups in total. The van der Waals surface area contributed by atoms with Gasteiger partial charge >= 0.3 is 0 Å². The lowest BCUT2D eigenvalue weighted by Crippen LogP contribution is -2.11. The summed E-state index contributed by atoms with van der Waals surface area (Å²) in [6.07, 6.45) is 2.50. The van der Waals surface area contributed by atoms with Crippen LogP contribution in [-0.2, 0) is 6.42 Å². The number of carbonyl (C=O) groups is 1. The first kappa shape index (κ1) is 16.2. The summed E-state index contributed by atoms with van der Waals surface area (Å²) < 4.78 is 0. The van der Waals surface area contributed by atoms with Crippen LogP contribution >= 0.6 is 34.3 Å². The van der Waals surface area contributed by atoms with Crippen molar-refractivity contribution in [3.8, 4) is 0 Å². The number of nitrogens with zero attached hydrogens (tertiary/aromatic N) is 1. The van der Waals surface area contributed by atoms with E-state index >= 15 is 0 Å². The van der Waals surface area contributed by atoms with E-state index in [-0.39, 0.29) is 5.91 Å². The molecule has 0 aliphatic carbocycles.